The summed E-state index contributed by atoms with van der Waals surface area (Å²) in [5, 5.41) is 16.5. The minimum Gasteiger partial charge on any atom is -0.480 e. The lowest BCUT2D eigenvalue weighted by Gasteiger charge is -2.13. The maximum Gasteiger partial charge on any atom is 0.208 e. The molecule has 0 bridgehead atoms. The average Bonchev–Trinajstić information content (AvgIpc) is 4.06. The van der Waals surface area contributed by atoms with Crippen molar-refractivity contribution >= 4 is 220 Å². The lowest BCUT2D eigenvalue weighted by molar-refractivity contribution is 0.0949. The highest BCUT2D eigenvalue weighted by Gasteiger charge is 2.35. The summed E-state index contributed by atoms with van der Waals surface area (Å²) >= 11 is 27.1. The molecule has 6 nitrogen and oxygen atoms in total. The van der Waals surface area contributed by atoms with Gasteiger partial charge in [-0.1, -0.05) is 70.6 Å². The average molecular weight is 1030 g/mol. The number of benzene rings is 1. The smallest absolute Gasteiger partial charge is 0.208 e. The van der Waals surface area contributed by atoms with Gasteiger partial charge in [-0.3, -0.25) is 0 Å². The van der Waals surface area contributed by atoms with Gasteiger partial charge < -0.3 is 28.4 Å². The molecule has 9 aliphatic rings. The van der Waals surface area contributed by atoms with Crippen molar-refractivity contribution in [2.45, 2.75) is 0 Å². The zero-order valence-corrected chi connectivity index (χ0v) is 40.5. The number of hydrogen-bond acceptors (Lipinski definition) is 21. The Kier molecular flexibility index (Phi) is 9.98. The number of ether oxygens (including phenoxy) is 6. The third-order valence-corrected chi connectivity index (χ3v) is 28.8. The first-order valence-corrected chi connectivity index (χ1v) is 29.5. The van der Waals surface area contributed by atoms with E-state index in [0.717, 1.165) is 30.5 Å². The Balaban J connectivity index is 0.859. The molecule has 0 aliphatic carbocycles. The standard InChI is InChI=1S/C36H18O6S15/c1-2-38-26-25(37-1)52-34(53-26)31-43-10-19(49-31)16-7-13-22(46-16)14-8-17(20-11-44-32(50-20)35-54-27-28(55-35)40-4-3-39-27)48-24(14)15-9-18(47-23(13)15)21-12-45-33(51-21)36-56-29-30(57-36)42-6-5-41-29/h7-12H,1-6H2. The first-order valence-electron chi connectivity index (χ1n) is 17.0. The fourth-order valence-corrected chi connectivity index (χ4v) is 25.3. The van der Waals surface area contributed by atoms with E-state index in [4.69, 9.17) is 28.4 Å². The molecule has 1 aromatic carbocycles. The van der Waals surface area contributed by atoms with E-state index in [1.807, 2.05) is 105 Å². The number of rotatable bonds is 3. The summed E-state index contributed by atoms with van der Waals surface area (Å²) in [5.41, 5.74) is 0. The lowest BCUT2D eigenvalue weighted by atomic mass is 10.1. The van der Waals surface area contributed by atoms with Crippen LogP contribution in [0.4, 0.5) is 0 Å². The van der Waals surface area contributed by atoms with E-state index >= 15 is 0 Å². The summed E-state index contributed by atoms with van der Waals surface area (Å²) in [6.07, 6.45) is 0. The van der Waals surface area contributed by atoms with E-state index in [-0.39, 0.29) is 0 Å². The quantitative estimate of drug-likeness (QED) is 0.195. The van der Waals surface area contributed by atoms with E-state index in [9.17, 15) is 0 Å². The molecule has 21 heteroatoms. The summed E-state index contributed by atoms with van der Waals surface area (Å²) in [4.78, 5) is 7.86. The SMILES string of the molecule is C1=C(c2cc3c(s2)c2cc(C4=CSC(=C5SC6=C(OCCO6)S5)S4)sc2c2cc(C4=CSC(=C5SC6=C(OCCO6)S5)S4)sc32)SC(=C2SC3=C(OCCO3)S2)S1. The third kappa shape index (κ3) is 6.64. The molecule has 3 aromatic heterocycles. The third-order valence-electron chi connectivity index (χ3n) is 8.85. The van der Waals surface area contributed by atoms with Gasteiger partial charge in [-0.25, -0.2) is 0 Å². The zero-order valence-electron chi connectivity index (χ0n) is 28.3. The van der Waals surface area contributed by atoms with E-state index in [1.54, 1.807) is 70.6 Å². The molecule has 0 fully saturated rings. The minimum atomic E-state index is 0.615. The van der Waals surface area contributed by atoms with Gasteiger partial charge >= 0.3 is 0 Å². The molecular formula is C36H18O6S15. The molecule has 0 atom stereocenters. The number of thioether (sulfide) groups is 12. The van der Waals surface area contributed by atoms with Crippen LogP contribution >= 0.6 is 175 Å². The zero-order chi connectivity index (χ0) is 37.2. The second-order valence-electron chi connectivity index (χ2n) is 12.3. The highest BCUT2D eigenvalue weighted by molar-refractivity contribution is 8.37. The summed E-state index contributed by atoms with van der Waals surface area (Å²) in [5.74, 6) is 0. The largest absolute Gasteiger partial charge is 0.480 e. The van der Waals surface area contributed by atoms with E-state index < -0.39 is 0 Å². The highest BCUT2D eigenvalue weighted by atomic mass is 32.2. The van der Waals surface area contributed by atoms with Crippen LogP contribution in [-0.2, 0) is 28.4 Å². The van der Waals surface area contributed by atoms with Crippen molar-refractivity contribution in [2.24, 2.45) is 0 Å². The van der Waals surface area contributed by atoms with Crippen molar-refractivity contribution in [2.75, 3.05) is 39.6 Å². The van der Waals surface area contributed by atoms with Crippen LogP contribution in [0.15, 0.2) is 90.4 Å². The number of fused-ring (bicyclic) bond motifs is 6. The Morgan fingerprint density at radius 1 is 0.316 bits per heavy atom. The predicted molar refractivity (Wildman–Crippen MR) is 265 cm³/mol. The second kappa shape index (κ2) is 15.2. The molecule has 0 saturated heterocycles. The molecule has 12 heterocycles. The van der Waals surface area contributed by atoms with Gasteiger partial charge in [0.1, 0.15) is 39.6 Å². The maximum atomic E-state index is 5.89. The van der Waals surface area contributed by atoms with Crippen LogP contribution in [-0.4, -0.2) is 39.6 Å². The van der Waals surface area contributed by atoms with Crippen LogP contribution in [0.25, 0.3) is 45.0 Å². The summed E-state index contributed by atoms with van der Waals surface area (Å²) in [7, 11) is 0. The molecule has 0 amide bonds. The summed E-state index contributed by atoms with van der Waals surface area (Å²) in [6.45, 7) is 3.69. The first-order chi connectivity index (χ1) is 28.1. The number of hydrogen-bond donors (Lipinski definition) is 0. The monoisotopic (exact) mass is 1030 g/mol. The van der Waals surface area contributed by atoms with Gasteiger partial charge in [0.2, 0.25) is 30.5 Å². The lowest BCUT2D eigenvalue weighted by Crippen LogP contribution is -2.08. The molecule has 9 aliphatic heterocycles. The molecule has 288 valence electrons. The van der Waals surface area contributed by atoms with Crippen molar-refractivity contribution < 1.29 is 28.4 Å². The molecule has 0 saturated carbocycles. The Labute approximate surface area is 388 Å². The maximum absolute atomic E-state index is 5.89. The van der Waals surface area contributed by atoms with Crippen molar-refractivity contribution in [3.8, 4) is 0 Å². The van der Waals surface area contributed by atoms with E-state index in [0.29, 0.717) is 39.6 Å². The Bertz CT molecular complexity index is 2370. The van der Waals surface area contributed by atoms with Crippen LogP contribution in [0.3, 0.4) is 0 Å². The molecule has 0 radical (unpaired) electrons. The van der Waals surface area contributed by atoms with Gasteiger partial charge in [0, 0.05) is 59.6 Å². The molecule has 13 rings (SSSR count). The van der Waals surface area contributed by atoms with E-state index in [1.165, 1.54) is 85.0 Å². The molecule has 0 unspecified atom stereocenters. The molecule has 4 aromatic rings. The van der Waals surface area contributed by atoms with Gasteiger partial charge in [-0.15, -0.1) is 34.0 Å². The summed E-state index contributed by atoms with van der Waals surface area (Å²) < 4.78 is 47.1. The highest BCUT2D eigenvalue weighted by Crippen LogP contribution is 2.65. The molecule has 0 spiro atoms. The predicted octanol–water partition coefficient (Wildman–Crippen LogP) is 16.0. The van der Waals surface area contributed by atoms with Crippen LogP contribution in [0, 0.1) is 0 Å². The summed E-state index contributed by atoms with van der Waals surface area (Å²) in [6, 6.07) is 7.35. The molecular weight excluding hydrogens is 1010 g/mol. The number of thiophene rings is 3. The van der Waals surface area contributed by atoms with Crippen LogP contribution in [0.5, 0.6) is 0 Å². The Hall–Kier alpha value is -0.240. The van der Waals surface area contributed by atoms with Gasteiger partial charge in [0.25, 0.3) is 0 Å². The second-order valence-corrected chi connectivity index (χ2v) is 28.7. The van der Waals surface area contributed by atoms with Gasteiger partial charge in [0.05, 0.1) is 25.4 Å². The minimum absolute atomic E-state index is 0.615. The van der Waals surface area contributed by atoms with Gasteiger partial charge in [0.15, 0.2) is 0 Å². The Morgan fingerprint density at radius 3 is 0.842 bits per heavy atom. The normalized spacial score (nSPS) is 23.3. The van der Waals surface area contributed by atoms with E-state index in [2.05, 4.69) is 34.4 Å². The topological polar surface area (TPSA) is 55.4 Å². The molecule has 0 N–H and O–H groups in total. The Morgan fingerprint density at radius 2 is 0.579 bits per heavy atom. The van der Waals surface area contributed by atoms with Crippen LogP contribution in [0.1, 0.15) is 14.6 Å². The van der Waals surface area contributed by atoms with Crippen molar-refractivity contribution in [3.05, 3.63) is 105 Å². The van der Waals surface area contributed by atoms with Crippen molar-refractivity contribution in [3.63, 3.8) is 0 Å². The van der Waals surface area contributed by atoms with Crippen LogP contribution < -0.4 is 0 Å². The van der Waals surface area contributed by atoms with Crippen molar-refractivity contribution in [1.29, 1.82) is 0 Å². The van der Waals surface area contributed by atoms with Crippen LogP contribution in [0.2, 0.25) is 0 Å². The fraction of sp³-hybridized carbons (Fsp3) is 0.167. The van der Waals surface area contributed by atoms with Gasteiger partial charge in [-0.05, 0) is 105 Å². The van der Waals surface area contributed by atoms with Crippen molar-refractivity contribution in [1.82, 2.24) is 0 Å². The molecule has 57 heavy (non-hydrogen) atoms. The van der Waals surface area contributed by atoms with Gasteiger partial charge in [-0.2, -0.15) is 0 Å². The fourth-order valence-electron chi connectivity index (χ4n) is 6.41. The first kappa shape index (κ1) is 37.3.